The lowest BCUT2D eigenvalue weighted by molar-refractivity contribution is 0.419. The van der Waals surface area contributed by atoms with Gasteiger partial charge in [-0.3, -0.25) is 0 Å². The summed E-state index contributed by atoms with van der Waals surface area (Å²) >= 11 is 9.90. The van der Waals surface area contributed by atoms with Crippen LogP contribution in [0, 0.1) is 2.88 Å². The summed E-state index contributed by atoms with van der Waals surface area (Å²) in [4.78, 5) is 0. The Labute approximate surface area is 105 Å². The SMILES string of the molecule is COc1c(I)sc2c(CCl)cccc12. The van der Waals surface area contributed by atoms with Gasteiger partial charge >= 0.3 is 0 Å². The van der Waals surface area contributed by atoms with Crippen LogP contribution >= 0.6 is 45.5 Å². The molecule has 74 valence electrons. The molecule has 0 spiro atoms. The van der Waals surface area contributed by atoms with Crippen molar-refractivity contribution < 1.29 is 4.74 Å². The van der Waals surface area contributed by atoms with Gasteiger partial charge in [0.2, 0.25) is 0 Å². The zero-order valence-corrected chi connectivity index (χ0v) is 11.2. The van der Waals surface area contributed by atoms with Crippen LogP contribution in [0.15, 0.2) is 18.2 Å². The average molecular weight is 339 g/mol. The van der Waals surface area contributed by atoms with Crippen molar-refractivity contribution in [1.82, 2.24) is 0 Å². The number of fused-ring (bicyclic) bond motifs is 1. The molecule has 4 heteroatoms. The van der Waals surface area contributed by atoms with E-state index in [4.69, 9.17) is 16.3 Å². The van der Waals surface area contributed by atoms with Gasteiger partial charge in [-0.25, -0.2) is 0 Å². The van der Waals surface area contributed by atoms with Crippen LogP contribution in [0.1, 0.15) is 5.56 Å². The maximum absolute atomic E-state index is 5.87. The maximum Gasteiger partial charge on any atom is 0.150 e. The van der Waals surface area contributed by atoms with Gasteiger partial charge in [0.25, 0.3) is 0 Å². The van der Waals surface area contributed by atoms with Crippen LogP contribution in [-0.4, -0.2) is 7.11 Å². The quantitative estimate of drug-likeness (QED) is 0.587. The Kier molecular flexibility index (Phi) is 3.19. The Bertz CT molecular complexity index is 466. The molecule has 0 radical (unpaired) electrons. The molecule has 1 aromatic heterocycles. The molecule has 0 saturated heterocycles. The van der Waals surface area contributed by atoms with Crippen LogP contribution in [0.4, 0.5) is 0 Å². The monoisotopic (exact) mass is 338 g/mol. The first-order valence-corrected chi connectivity index (χ1v) is 6.50. The van der Waals surface area contributed by atoms with Crippen molar-refractivity contribution in [2.45, 2.75) is 5.88 Å². The highest BCUT2D eigenvalue weighted by atomic mass is 127. The lowest BCUT2D eigenvalue weighted by Gasteiger charge is -1.99. The third-order valence-corrected chi connectivity index (χ3v) is 4.55. The molecule has 1 heterocycles. The number of ether oxygens (including phenoxy) is 1. The predicted octanol–water partition coefficient (Wildman–Crippen LogP) is 4.25. The molecule has 0 fully saturated rings. The summed E-state index contributed by atoms with van der Waals surface area (Å²) in [5.41, 5.74) is 1.18. The first-order valence-electron chi connectivity index (χ1n) is 4.07. The van der Waals surface area contributed by atoms with Crippen molar-refractivity contribution in [2.24, 2.45) is 0 Å². The number of rotatable bonds is 2. The zero-order valence-electron chi connectivity index (χ0n) is 7.51. The van der Waals surface area contributed by atoms with Crippen LogP contribution in [0.2, 0.25) is 0 Å². The summed E-state index contributed by atoms with van der Waals surface area (Å²) in [6.45, 7) is 0. The molecule has 0 unspecified atom stereocenters. The average Bonchev–Trinajstić information content (AvgIpc) is 2.52. The number of thiophene rings is 1. The highest BCUT2D eigenvalue weighted by Crippen LogP contribution is 2.40. The Morgan fingerprint density at radius 1 is 1.50 bits per heavy atom. The Morgan fingerprint density at radius 3 is 2.93 bits per heavy atom. The van der Waals surface area contributed by atoms with Crippen molar-refractivity contribution in [1.29, 1.82) is 0 Å². The molecular weight excluding hydrogens is 331 g/mol. The van der Waals surface area contributed by atoms with E-state index in [1.54, 1.807) is 18.4 Å². The van der Waals surface area contributed by atoms with Crippen molar-refractivity contribution in [3.8, 4) is 5.75 Å². The molecule has 0 N–H and O–H groups in total. The lowest BCUT2D eigenvalue weighted by Crippen LogP contribution is -1.82. The van der Waals surface area contributed by atoms with E-state index >= 15 is 0 Å². The molecule has 0 amide bonds. The second kappa shape index (κ2) is 4.24. The minimum atomic E-state index is 0.553. The van der Waals surface area contributed by atoms with Gasteiger partial charge in [-0.15, -0.1) is 22.9 Å². The van der Waals surface area contributed by atoms with Gasteiger partial charge in [0.05, 0.1) is 7.11 Å². The fourth-order valence-corrected chi connectivity index (χ4v) is 3.90. The van der Waals surface area contributed by atoms with E-state index in [1.165, 1.54) is 18.5 Å². The summed E-state index contributed by atoms with van der Waals surface area (Å²) in [6.07, 6.45) is 0. The van der Waals surface area contributed by atoms with Gasteiger partial charge in [0, 0.05) is 16.0 Å². The van der Waals surface area contributed by atoms with E-state index in [-0.39, 0.29) is 0 Å². The molecule has 2 rings (SSSR count). The van der Waals surface area contributed by atoms with Gasteiger partial charge < -0.3 is 4.74 Å². The van der Waals surface area contributed by atoms with E-state index in [2.05, 4.69) is 34.7 Å². The highest BCUT2D eigenvalue weighted by Gasteiger charge is 2.12. The van der Waals surface area contributed by atoms with Crippen LogP contribution in [0.3, 0.4) is 0 Å². The number of hydrogen-bond acceptors (Lipinski definition) is 2. The number of hydrogen-bond donors (Lipinski definition) is 0. The molecule has 0 aliphatic carbocycles. The standard InChI is InChI=1S/C10H8ClIOS/c1-13-8-7-4-2-3-6(5-11)9(7)14-10(8)12/h2-4H,5H2,1H3. The minimum absolute atomic E-state index is 0.553. The summed E-state index contributed by atoms with van der Waals surface area (Å²) < 4.78 is 7.78. The van der Waals surface area contributed by atoms with Crippen LogP contribution in [0.5, 0.6) is 5.75 Å². The molecule has 0 aliphatic heterocycles. The molecule has 1 nitrogen and oxygen atoms in total. The molecular formula is C10H8ClIOS. The van der Waals surface area contributed by atoms with Crippen molar-refractivity contribution >= 4 is 55.6 Å². The molecule has 14 heavy (non-hydrogen) atoms. The fraction of sp³-hybridized carbons (Fsp3) is 0.200. The van der Waals surface area contributed by atoms with Gasteiger partial charge in [0.1, 0.15) is 2.88 Å². The van der Waals surface area contributed by atoms with Crippen molar-refractivity contribution in [3.05, 3.63) is 26.6 Å². The fourth-order valence-electron chi connectivity index (χ4n) is 1.42. The second-order valence-electron chi connectivity index (χ2n) is 2.84. The Morgan fingerprint density at radius 2 is 2.29 bits per heavy atom. The molecule has 1 aromatic carbocycles. The topological polar surface area (TPSA) is 9.23 Å². The summed E-state index contributed by atoms with van der Waals surface area (Å²) in [5, 5.41) is 1.17. The van der Waals surface area contributed by atoms with E-state index in [0.29, 0.717) is 5.88 Å². The minimum Gasteiger partial charge on any atom is -0.494 e. The predicted molar refractivity (Wildman–Crippen MR) is 70.7 cm³/mol. The van der Waals surface area contributed by atoms with Gasteiger partial charge in [-0.1, -0.05) is 12.1 Å². The largest absolute Gasteiger partial charge is 0.494 e. The number of halogens is 2. The highest BCUT2D eigenvalue weighted by molar-refractivity contribution is 14.1. The summed E-state index contributed by atoms with van der Waals surface area (Å²) in [7, 11) is 1.71. The Balaban J connectivity index is 2.79. The maximum atomic E-state index is 5.87. The molecule has 0 saturated carbocycles. The lowest BCUT2D eigenvalue weighted by atomic mass is 10.2. The second-order valence-corrected chi connectivity index (χ2v) is 5.94. The molecule has 0 atom stereocenters. The first-order chi connectivity index (χ1) is 6.77. The van der Waals surface area contributed by atoms with Crippen LogP contribution in [0.25, 0.3) is 10.1 Å². The summed E-state index contributed by atoms with van der Waals surface area (Å²) in [6, 6.07) is 6.15. The smallest absolute Gasteiger partial charge is 0.150 e. The number of alkyl halides is 1. The normalized spacial score (nSPS) is 10.8. The zero-order chi connectivity index (χ0) is 10.1. The number of benzene rings is 1. The summed E-state index contributed by atoms with van der Waals surface area (Å²) in [5.74, 6) is 1.52. The molecule has 0 bridgehead atoms. The van der Waals surface area contributed by atoms with Gasteiger partial charge in [-0.2, -0.15) is 0 Å². The van der Waals surface area contributed by atoms with Crippen molar-refractivity contribution in [2.75, 3.05) is 7.11 Å². The third kappa shape index (κ3) is 1.61. The van der Waals surface area contributed by atoms with E-state index in [1.807, 2.05) is 6.07 Å². The molecule has 2 aromatic rings. The van der Waals surface area contributed by atoms with Crippen LogP contribution in [-0.2, 0) is 5.88 Å². The third-order valence-electron chi connectivity index (χ3n) is 2.06. The van der Waals surface area contributed by atoms with E-state index < -0.39 is 0 Å². The van der Waals surface area contributed by atoms with Crippen LogP contribution < -0.4 is 4.74 Å². The first kappa shape index (κ1) is 10.5. The van der Waals surface area contributed by atoms with Gasteiger partial charge in [-0.05, 0) is 34.2 Å². The van der Waals surface area contributed by atoms with E-state index in [9.17, 15) is 0 Å². The molecule has 0 aliphatic rings. The van der Waals surface area contributed by atoms with E-state index in [0.717, 1.165) is 5.75 Å². The number of methoxy groups -OCH3 is 1. The van der Waals surface area contributed by atoms with Gasteiger partial charge in [0.15, 0.2) is 5.75 Å². The Hall–Kier alpha value is 0. The van der Waals surface area contributed by atoms with Crippen molar-refractivity contribution in [3.63, 3.8) is 0 Å².